The second kappa shape index (κ2) is 3.78. The Morgan fingerprint density at radius 3 is 2.79 bits per heavy atom. The van der Waals surface area contributed by atoms with Crippen LogP contribution in [0.2, 0.25) is 0 Å². The zero-order valence-electron chi connectivity index (χ0n) is 7.89. The lowest BCUT2D eigenvalue weighted by molar-refractivity contribution is 0.516. The number of amidine groups is 1. The smallest absolute Gasteiger partial charge is 0.131 e. The summed E-state index contributed by atoms with van der Waals surface area (Å²) in [6.45, 7) is 1.83. The van der Waals surface area contributed by atoms with Gasteiger partial charge in [-0.1, -0.05) is 12.1 Å². The minimum absolute atomic E-state index is 0.397. The molecule has 1 heterocycles. The number of halogens is 1. The number of likely N-dealkylation sites (tertiary alicyclic amines) is 1. The van der Waals surface area contributed by atoms with Crippen LogP contribution in [0.5, 0.6) is 0 Å². The van der Waals surface area contributed by atoms with Crippen molar-refractivity contribution in [3.8, 4) is 0 Å². The van der Waals surface area contributed by atoms with Crippen molar-refractivity contribution in [3.63, 3.8) is 0 Å². The maximum absolute atomic E-state index is 12.8. The van der Waals surface area contributed by atoms with Gasteiger partial charge in [-0.25, -0.2) is 4.39 Å². The molecule has 73 valence electrons. The highest BCUT2D eigenvalue weighted by atomic mass is 19.1. The molecule has 0 aliphatic carbocycles. The zero-order chi connectivity index (χ0) is 9.97. The third kappa shape index (κ3) is 1.76. The minimum atomic E-state index is -0.397. The number of rotatable bonds is 1. The van der Waals surface area contributed by atoms with E-state index in [1.165, 1.54) is 12.1 Å². The van der Waals surface area contributed by atoms with Gasteiger partial charge in [0.1, 0.15) is 11.7 Å². The third-order valence-corrected chi connectivity index (χ3v) is 2.46. The molecule has 2 nitrogen and oxygen atoms in total. The number of nitrogens with one attached hydrogen (secondary N) is 1. The van der Waals surface area contributed by atoms with E-state index in [1.807, 2.05) is 4.90 Å². The van der Waals surface area contributed by atoms with Gasteiger partial charge in [-0.3, -0.25) is 5.41 Å². The van der Waals surface area contributed by atoms with Gasteiger partial charge in [-0.05, 0) is 18.9 Å². The molecule has 1 fully saturated rings. The Balaban J connectivity index is 2.17. The number of hydrogen-bond donors (Lipinski definition) is 1. The van der Waals surface area contributed by atoms with Crippen molar-refractivity contribution in [1.82, 2.24) is 4.90 Å². The molecular weight excluding hydrogens is 179 g/mol. The molecule has 0 bridgehead atoms. The van der Waals surface area contributed by atoms with Crippen molar-refractivity contribution in [2.75, 3.05) is 13.1 Å². The van der Waals surface area contributed by atoms with Crippen molar-refractivity contribution < 1.29 is 4.39 Å². The Hall–Kier alpha value is -1.38. The third-order valence-electron chi connectivity index (χ3n) is 2.46. The molecule has 1 N–H and O–H groups in total. The summed E-state index contributed by atoms with van der Waals surface area (Å²) in [5.41, 5.74) is 0.642. The Bertz CT molecular complexity index is 343. The summed E-state index contributed by atoms with van der Waals surface area (Å²) in [5, 5.41) is 7.87. The fourth-order valence-electron chi connectivity index (χ4n) is 1.71. The lowest BCUT2D eigenvalue weighted by Gasteiger charge is -2.18. The van der Waals surface area contributed by atoms with E-state index in [4.69, 9.17) is 5.41 Å². The Labute approximate surface area is 82.9 Å². The summed E-state index contributed by atoms with van der Waals surface area (Å²) >= 11 is 0. The molecule has 1 aliphatic rings. The van der Waals surface area contributed by atoms with Crippen molar-refractivity contribution in [2.24, 2.45) is 0 Å². The fraction of sp³-hybridized carbons (Fsp3) is 0.364. The summed E-state index contributed by atoms with van der Waals surface area (Å²) < 4.78 is 12.8. The summed E-state index contributed by atoms with van der Waals surface area (Å²) in [5.74, 6) is 0.0295. The molecule has 0 amide bonds. The van der Waals surface area contributed by atoms with Crippen molar-refractivity contribution in [1.29, 1.82) is 5.41 Å². The zero-order valence-corrected chi connectivity index (χ0v) is 7.89. The number of hydrogen-bond acceptors (Lipinski definition) is 1. The first-order chi connectivity index (χ1) is 6.77. The average molecular weight is 191 g/mol. The molecule has 1 radical (unpaired) electrons. The topological polar surface area (TPSA) is 27.1 Å². The van der Waals surface area contributed by atoms with Crippen LogP contribution in [0.1, 0.15) is 18.4 Å². The maximum Gasteiger partial charge on any atom is 0.131 e. The van der Waals surface area contributed by atoms with Crippen LogP contribution in [0.25, 0.3) is 0 Å². The molecule has 3 heteroatoms. The minimum Gasteiger partial charge on any atom is -0.357 e. The lowest BCUT2D eigenvalue weighted by Crippen LogP contribution is -2.27. The van der Waals surface area contributed by atoms with E-state index in [1.54, 1.807) is 6.07 Å². The maximum atomic E-state index is 12.8. The first kappa shape index (κ1) is 9.19. The van der Waals surface area contributed by atoms with Gasteiger partial charge in [0.15, 0.2) is 0 Å². The Morgan fingerprint density at radius 2 is 2.14 bits per heavy atom. The summed E-state index contributed by atoms with van der Waals surface area (Å²) in [6.07, 6.45) is 2.26. The van der Waals surface area contributed by atoms with E-state index in [9.17, 15) is 4.39 Å². The van der Waals surface area contributed by atoms with Crippen LogP contribution in [-0.4, -0.2) is 23.8 Å². The molecule has 0 saturated carbocycles. The second-order valence-electron chi connectivity index (χ2n) is 3.47. The molecule has 0 aromatic heterocycles. The highest BCUT2D eigenvalue weighted by Gasteiger charge is 2.16. The van der Waals surface area contributed by atoms with Crippen LogP contribution in [0.15, 0.2) is 18.2 Å². The van der Waals surface area contributed by atoms with E-state index in [0.29, 0.717) is 11.4 Å². The first-order valence-corrected chi connectivity index (χ1v) is 4.78. The van der Waals surface area contributed by atoms with Gasteiger partial charge in [0, 0.05) is 24.7 Å². The molecular formula is C11H12FN2. The summed E-state index contributed by atoms with van der Waals surface area (Å²) in [4.78, 5) is 1.98. The van der Waals surface area contributed by atoms with Gasteiger partial charge in [0.05, 0.1) is 0 Å². The molecule has 1 aromatic rings. The highest BCUT2D eigenvalue weighted by Crippen LogP contribution is 2.13. The van der Waals surface area contributed by atoms with Crippen LogP contribution >= 0.6 is 0 Å². The van der Waals surface area contributed by atoms with Crippen LogP contribution in [0, 0.1) is 17.3 Å². The SMILES string of the molecule is N=C(c1cc[c]c(F)c1)N1CCCC1. The average Bonchev–Trinajstić information content (AvgIpc) is 2.69. The van der Waals surface area contributed by atoms with E-state index < -0.39 is 5.82 Å². The van der Waals surface area contributed by atoms with Gasteiger partial charge >= 0.3 is 0 Å². The highest BCUT2D eigenvalue weighted by molar-refractivity contribution is 5.96. The van der Waals surface area contributed by atoms with E-state index >= 15 is 0 Å². The van der Waals surface area contributed by atoms with Crippen molar-refractivity contribution in [3.05, 3.63) is 35.6 Å². The van der Waals surface area contributed by atoms with Crippen LogP contribution in [0.4, 0.5) is 4.39 Å². The lowest BCUT2D eigenvalue weighted by atomic mass is 10.2. The monoisotopic (exact) mass is 191 g/mol. The van der Waals surface area contributed by atoms with Crippen LogP contribution < -0.4 is 0 Å². The van der Waals surface area contributed by atoms with E-state index in [0.717, 1.165) is 25.9 Å². The van der Waals surface area contributed by atoms with Gasteiger partial charge in [0.2, 0.25) is 0 Å². The van der Waals surface area contributed by atoms with Gasteiger partial charge in [0.25, 0.3) is 0 Å². The van der Waals surface area contributed by atoms with Gasteiger partial charge < -0.3 is 4.90 Å². The van der Waals surface area contributed by atoms with Gasteiger partial charge in [-0.15, -0.1) is 0 Å². The molecule has 0 spiro atoms. The quantitative estimate of drug-likeness (QED) is 0.533. The molecule has 1 aliphatic heterocycles. The second-order valence-corrected chi connectivity index (χ2v) is 3.47. The molecule has 14 heavy (non-hydrogen) atoms. The summed E-state index contributed by atoms with van der Waals surface area (Å²) in [6, 6.07) is 7.05. The van der Waals surface area contributed by atoms with Crippen LogP contribution in [0.3, 0.4) is 0 Å². The Kier molecular flexibility index (Phi) is 2.48. The fourth-order valence-corrected chi connectivity index (χ4v) is 1.71. The van der Waals surface area contributed by atoms with Gasteiger partial charge in [-0.2, -0.15) is 0 Å². The van der Waals surface area contributed by atoms with Crippen molar-refractivity contribution in [2.45, 2.75) is 12.8 Å². The van der Waals surface area contributed by atoms with E-state index in [2.05, 4.69) is 6.07 Å². The summed E-state index contributed by atoms with van der Waals surface area (Å²) in [7, 11) is 0. The van der Waals surface area contributed by atoms with Crippen LogP contribution in [-0.2, 0) is 0 Å². The molecule has 1 saturated heterocycles. The van der Waals surface area contributed by atoms with E-state index in [-0.39, 0.29) is 0 Å². The Morgan fingerprint density at radius 1 is 1.43 bits per heavy atom. The predicted octanol–water partition coefficient (Wildman–Crippen LogP) is 2.05. The molecule has 0 unspecified atom stereocenters. The van der Waals surface area contributed by atoms with Crippen molar-refractivity contribution >= 4 is 5.84 Å². The standard InChI is InChI=1S/C11H12FN2/c12-10-5-3-4-9(8-10)11(13)14-6-1-2-7-14/h3-4,8,13H,1-2,6-7H2. The largest absolute Gasteiger partial charge is 0.357 e. The molecule has 2 rings (SSSR count). The number of benzene rings is 1. The first-order valence-electron chi connectivity index (χ1n) is 4.78. The normalized spacial score (nSPS) is 15.9. The predicted molar refractivity (Wildman–Crippen MR) is 52.9 cm³/mol. The number of nitrogens with zero attached hydrogens (tertiary/aromatic N) is 1. The molecule has 1 aromatic carbocycles. The molecule has 0 atom stereocenters.